The third-order valence-electron chi connectivity index (χ3n) is 6.68. The zero-order valence-corrected chi connectivity index (χ0v) is 17.7. The second-order valence-corrected chi connectivity index (χ2v) is 9.71. The van der Waals surface area contributed by atoms with Crippen molar-refractivity contribution in [3.05, 3.63) is 47.7 Å². The summed E-state index contributed by atoms with van der Waals surface area (Å²) in [6.07, 6.45) is 6.95. The van der Waals surface area contributed by atoms with E-state index in [0.717, 1.165) is 38.2 Å². The van der Waals surface area contributed by atoms with Crippen LogP contribution in [-0.4, -0.2) is 35.6 Å². The minimum atomic E-state index is -0.676. The first-order valence-corrected chi connectivity index (χ1v) is 11.1. The average Bonchev–Trinajstić information content (AvgIpc) is 3.63. The molecular formula is C24H28F2N4O. The highest BCUT2D eigenvalue weighted by Crippen LogP contribution is 2.45. The van der Waals surface area contributed by atoms with Gasteiger partial charge in [-0.3, -0.25) is 9.78 Å². The molecular weight excluding hydrogens is 398 g/mol. The van der Waals surface area contributed by atoms with Gasteiger partial charge in [0.1, 0.15) is 11.6 Å². The maximum absolute atomic E-state index is 14.0. The van der Waals surface area contributed by atoms with Crippen molar-refractivity contribution in [3.63, 3.8) is 0 Å². The van der Waals surface area contributed by atoms with E-state index in [4.69, 9.17) is 5.73 Å². The van der Waals surface area contributed by atoms with Gasteiger partial charge in [0.15, 0.2) is 0 Å². The monoisotopic (exact) mass is 426 g/mol. The fourth-order valence-electron chi connectivity index (χ4n) is 4.79. The first-order valence-electron chi connectivity index (χ1n) is 11.1. The van der Waals surface area contributed by atoms with Gasteiger partial charge in [0.2, 0.25) is 0 Å². The highest BCUT2D eigenvalue weighted by molar-refractivity contribution is 6.03. The minimum absolute atomic E-state index is 0.148. The number of hydrogen-bond donors (Lipinski definition) is 2. The van der Waals surface area contributed by atoms with Crippen LogP contribution >= 0.6 is 0 Å². The Morgan fingerprint density at radius 2 is 1.84 bits per heavy atom. The summed E-state index contributed by atoms with van der Waals surface area (Å²) in [6.45, 7) is 3.16. The van der Waals surface area contributed by atoms with Crippen LogP contribution < -0.4 is 16.0 Å². The van der Waals surface area contributed by atoms with E-state index < -0.39 is 17.2 Å². The van der Waals surface area contributed by atoms with Crippen molar-refractivity contribution in [2.24, 2.45) is 17.6 Å². The molecule has 1 saturated heterocycles. The second kappa shape index (κ2) is 7.55. The molecule has 0 unspecified atom stereocenters. The van der Waals surface area contributed by atoms with E-state index in [2.05, 4.69) is 10.3 Å². The van der Waals surface area contributed by atoms with Gasteiger partial charge in [0.25, 0.3) is 5.91 Å². The smallest absolute Gasteiger partial charge is 0.253 e. The number of halogens is 2. The van der Waals surface area contributed by atoms with Crippen molar-refractivity contribution in [2.45, 2.75) is 50.6 Å². The molecule has 1 aromatic carbocycles. The standard InChI is InChI=1S/C24H28F2N4O/c1-24(27)7-9-30(13-24)22-19(23(31)29-20(14-2-3-14)15-4-5-15)6-8-28-21(22)16-10-17(25)12-18(26)11-16/h6,8,10-12,14-15,20H,2-5,7,9,13,27H2,1H3,(H,29,31)/t24-/m0/s1. The zero-order valence-electron chi connectivity index (χ0n) is 17.7. The van der Waals surface area contributed by atoms with Crippen molar-refractivity contribution >= 4 is 11.6 Å². The van der Waals surface area contributed by atoms with E-state index in [-0.39, 0.29) is 11.9 Å². The van der Waals surface area contributed by atoms with E-state index in [1.165, 1.54) is 18.3 Å². The molecule has 1 atom stereocenters. The molecule has 164 valence electrons. The molecule has 5 rings (SSSR count). The SMILES string of the molecule is C[C@]1(N)CCN(c2c(C(=O)NC(C3CC3)C3CC3)ccnc2-c2cc(F)cc(F)c2)C1. The Morgan fingerprint density at radius 3 is 2.39 bits per heavy atom. The van der Waals surface area contributed by atoms with Crippen molar-refractivity contribution in [2.75, 3.05) is 18.0 Å². The summed E-state index contributed by atoms with van der Waals surface area (Å²) in [4.78, 5) is 19.9. The van der Waals surface area contributed by atoms with Gasteiger partial charge in [-0.15, -0.1) is 0 Å². The Bertz CT molecular complexity index is 984. The number of carbonyl (C=O) groups excluding carboxylic acids is 1. The third kappa shape index (κ3) is 4.28. The van der Waals surface area contributed by atoms with Gasteiger partial charge >= 0.3 is 0 Å². The number of aromatic nitrogens is 1. The fraction of sp³-hybridized carbons (Fsp3) is 0.500. The van der Waals surface area contributed by atoms with Crippen LogP contribution in [-0.2, 0) is 0 Å². The molecule has 2 saturated carbocycles. The normalized spacial score (nSPS) is 23.5. The van der Waals surface area contributed by atoms with Crippen LogP contribution in [0.1, 0.15) is 49.4 Å². The predicted octanol–water partition coefficient (Wildman–Crippen LogP) is 3.87. The van der Waals surface area contributed by atoms with Gasteiger partial charge in [-0.1, -0.05) is 0 Å². The Balaban J connectivity index is 1.56. The molecule has 3 aliphatic rings. The van der Waals surface area contributed by atoms with Gasteiger partial charge in [-0.05, 0) is 69.1 Å². The second-order valence-electron chi connectivity index (χ2n) is 9.71. The lowest BCUT2D eigenvalue weighted by molar-refractivity contribution is 0.0926. The van der Waals surface area contributed by atoms with Crippen LogP contribution in [0.3, 0.4) is 0 Å². The highest BCUT2D eigenvalue weighted by Gasteiger charge is 2.43. The Morgan fingerprint density at radius 1 is 1.19 bits per heavy atom. The summed E-state index contributed by atoms with van der Waals surface area (Å²) in [5.74, 6) is -0.365. The number of pyridine rings is 1. The number of nitrogens with one attached hydrogen (secondary N) is 1. The van der Waals surface area contributed by atoms with E-state index in [1.54, 1.807) is 6.07 Å². The quantitative estimate of drug-likeness (QED) is 0.736. The summed E-state index contributed by atoms with van der Waals surface area (Å²) in [6, 6.07) is 5.26. The Labute approximate surface area is 181 Å². The largest absolute Gasteiger partial charge is 0.367 e. The van der Waals surface area contributed by atoms with E-state index in [1.807, 2.05) is 11.8 Å². The first-order chi connectivity index (χ1) is 14.8. The molecule has 3 fully saturated rings. The van der Waals surface area contributed by atoms with Crippen LogP contribution in [0, 0.1) is 23.5 Å². The average molecular weight is 427 g/mol. The molecule has 31 heavy (non-hydrogen) atoms. The van der Waals surface area contributed by atoms with E-state index in [9.17, 15) is 13.6 Å². The summed E-state index contributed by atoms with van der Waals surface area (Å²) >= 11 is 0. The zero-order chi connectivity index (χ0) is 21.8. The maximum atomic E-state index is 14.0. The first kappa shape index (κ1) is 20.4. The van der Waals surface area contributed by atoms with Gasteiger partial charge < -0.3 is 16.0 Å². The van der Waals surface area contributed by atoms with Crippen LogP contribution in [0.2, 0.25) is 0 Å². The summed E-state index contributed by atoms with van der Waals surface area (Å²) in [5, 5.41) is 3.27. The number of hydrogen-bond acceptors (Lipinski definition) is 4. The molecule has 1 aromatic heterocycles. The van der Waals surface area contributed by atoms with Gasteiger partial charge in [-0.25, -0.2) is 8.78 Å². The molecule has 1 aliphatic heterocycles. The Hall–Kier alpha value is -2.54. The van der Waals surface area contributed by atoms with Crippen molar-refractivity contribution < 1.29 is 13.6 Å². The third-order valence-corrected chi connectivity index (χ3v) is 6.68. The lowest BCUT2D eigenvalue weighted by Gasteiger charge is -2.27. The lowest BCUT2D eigenvalue weighted by atomic mass is 10.0. The van der Waals surface area contributed by atoms with Crippen LogP contribution in [0.4, 0.5) is 14.5 Å². The molecule has 0 radical (unpaired) electrons. The number of carbonyl (C=O) groups is 1. The summed E-state index contributed by atoms with van der Waals surface area (Å²) in [7, 11) is 0. The topological polar surface area (TPSA) is 71.2 Å². The molecule has 2 heterocycles. The predicted molar refractivity (Wildman–Crippen MR) is 116 cm³/mol. The molecule has 2 aromatic rings. The van der Waals surface area contributed by atoms with Crippen molar-refractivity contribution in [3.8, 4) is 11.3 Å². The van der Waals surface area contributed by atoms with E-state index in [0.29, 0.717) is 47.4 Å². The van der Waals surface area contributed by atoms with Crippen molar-refractivity contribution in [1.29, 1.82) is 0 Å². The number of anilines is 1. The number of amides is 1. The van der Waals surface area contributed by atoms with E-state index >= 15 is 0 Å². The molecule has 2 aliphatic carbocycles. The van der Waals surface area contributed by atoms with Crippen LogP contribution in [0.15, 0.2) is 30.5 Å². The minimum Gasteiger partial charge on any atom is -0.367 e. The number of benzene rings is 1. The highest BCUT2D eigenvalue weighted by atomic mass is 19.1. The Kier molecular flexibility index (Phi) is 4.96. The summed E-state index contributed by atoms with van der Waals surface area (Å²) in [5.41, 5.74) is 7.76. The van der Waals surface area contributed by atoms with Gasteiger partial charge in [0.05, 0.1) is 16.9 Å². The number of nitrogens with zero attached hydrogens (tertiary/aromatic N) is 2. The number of nitrogens with two attached hydrogens (primary N) is 1. The molecule has 1 amide bonds. The maximum Gasteiger partial charge on any atom is 0.253 e. The van der Waals surface area contributed by atoms with Crippen LogP contribution in [0.25, 0.3) is 11.3 Å². The molecule has 5 nitrogen and oxygen atoms in total. The molecule has 7 heteroatoms. The summed E-state index contributed by atoms with van der Waals surface area (Å²) < 4.78 is 28.0. The van der Waals surface area contributed by atoms with Crippen molar-refractivity contribution in [1.82, 2.24) is 10.3 Å². The molecule has 0 bridgehead atoms. The number of rotatable bonds is 6. The fourth-order valence-corrected chi connectivity index (χ4v) is 4.79. The van der Waals surface area contributed by atoms with Gasteiger partial charge in [0, 0.05) is 42.5 Å². The lowest BCUT2D eigenvalue weighted by Crippen LogP contribution is -2.41. The molecule has 0 spiro atoms. The molecule has 3 N–H and O–H groups in total. The van der Waals surface area contributed by atoms with Crippen LogP contribution in [0.5, 0.6) is 0 Å². The van der Waals surface area contributed by atoms with Gasteiger partial charge in [-0.2, -0.15) is 0 Å².